The molecule has 0 bridgehead atoms. The Bertz CT molecular complexity index is 966. The first-order valence-corrected chi connectivity index (χ1v) is 7.88. The Morgan fingerprint density at radius 2 is 2.04 bits per heavy atom. The molecule has 1 aliphatic heterocycles. The molecule has 0 aliphatic carbocycles. The fourth-order valence-electron chi connectivity index (χ4n) is 3.15. The molecule has 0 unspecified atom stereocenters. The zero-order valence-electron chi connectivity index (χ0n) is 13.4. The average molecular weight is 358 g/mol. The number of aromatic nitrogens is 3. The summed E-state index contributed by atoms with van der Waals surface area (Å²) in [5, 5.41) is 2.68. The molecule has 1 amide bonds. The second-order valence-corrected chi connectivity index (χ2v) is 5.99. The fourth-order valence-corrected chi connectivity index (χ4v) is 3.15. The van der Waals surface area contributed by atoms with Crippen LogP contribution in [0.25, 0.3) is 5.69 Å². The molecule has 8 heteroatoms. The molecule has 1 aromatic carbocycles. The SMILES string of the molecule is O=C1C[C@H](c2cccnc2)c2c(ncn2-c2cccc(C(F)(F)F)c2)N1. The van der Waals surface area contributed by atoms with E-state index in [1.54, 1.807) is 29.1 Å². The highest BCUT2D eigenvalue weighted by atomic mass is 19.4. The first kappa shape index (κ1) is 16.3. The van der Waals surface area contributed by atoms with Crippen molar-refractivity contribution in [1.29, 1.82) is 0 Å². The largest absolute Gasteiger partial charge is 0.416 e. The maximum atomic E-state index is 13.1. The molecule has 3 heterocycles. The second kappa shape index (κ2) is 5.98. The predicted molar refractivity (Wildman–Crippen MR) is 87.9 cm³/mol. The van der Waals surface area contributed by atoms with E-state index in [9.17, 15) is 18.0 Å². The minimum Gasteiger partial charge on any atom is -0.309 e. The van der Waals surface area contributed by atoms with E-state index in [1.807, 2.05) is 6.07 Å². The fraction of sp³-hybridized carbons (Fsp3) is 0.167. The van der Waals surface area contributed by atoms with Gasteiger partial charge < -0.3 is 9.88 Å². The second-order valence-electron chi connectivity index (χ2n) is 5.99. The van der Waals surface area contributed by atoms with E-state index >= 15 is 0 Å². The number of anilines is 1. The van der Waals surface area contributed by atoms with Gasteiger partial charge in [0.25, 0.3) is 0 Å². The van der Waals surface area contributed by atoms with Gasteiger partial charge in [-0.1, -0.05) is 12.1 Å². The molecule has 3 aromatic rings. The van der Waals surface area contributed by atoms with Crippen LogP contribution in [-0.2, 0) is 11.0 Å². The third-order valence-corrected chi connectivity index (χ3v) is 4.32. The first-order valence-electron chi connectivity index (χ1n) is 7.88. The van der Waals surface area contributed by atoms with Crippen molar-refractivity contribution in [1.82, 2.24) is 14.5 Å². The van der Waals surface area contributed by atoms with Crippen LogP contribution >= 0.6 is 0 Å². The third-order valence-electron chi connectivity index (χ3n) is 4.32. The molecule has 2 aromatic heterocycles. The van der Waals surface area contributed by atoms with E-state index in [0.29, 0.717) is 17.2 Å². The van der Waals surface area contributed by atoms with Gasteiger partial charge in [-0.15, -0.1) is 0 Å². The lowest BCUT2D eigenvalue weighted by Gasteiger charge is -2.24. The Labute approximate surface area is 146 Å². The van der Waals surface area contributed by atoms with Gasteiger partial charge in [-0.2, -0.15) is 13.2 Å². The first-order chi connectivity index (χ1) is 12.4. The van der Waals surface area contributed by atoms with Gasteiger partial charge in [0, 0.05) is 30.4 Å². The number of alkyl halides is 3. The molecule has 1 aliphatic rings. The van der Waals surface area contributed by atoms with Crippen LogP contribution in [0.1, 0.15) is 29.2 Å². The number of hydrogen-bond donors (Lipinski definition) is 1. The molecular weight excluding hydrogens is 345 g/mol. The van der Waals surface area contributed by atoms with Crippen molar-refractivity contribution < 1.29 is 18.0 Å². The maximum Gasteiger partial charge on any atom is 0.416 e. The van der Waals surface area contributed by atoms with Gasteiger partial charge in [0.2, 0.25) is 5.91 Å². The molecule has 4 rings (SSSR count). The molecule has 1 N–H and O–H groups in total. The highest BCUT2D eigenvalue weighted by Crippen LogP contribution is 2.38. The lowest BCUT2D eigenvalue weighted by molar-refractivity contribution is -0.137. The van der Waals surface area contributed by atoms with Crippen LogP contribution < -0.4 is 5.32 Å². The number of amides is 1. The van der Waals surface area contributed by atoms with Crippen LogP contribution in [0.4, 0.5) is 19.0 Å². The average Bonchev–Trinajstić information content (AvgIpc) is 3.05. The summed E-state index contributed by atoms with van der Waals surface area (Å²) < 4.78 is 40.7. The topological polar surface area (TPSA) is 59.8 Å². The van der Waals surface area contributed by atoms with Crippen molar-refractivity contribution in [3.8, 4) is 5.69 Å². The number of carbonyl (C=O) groups is 1. The molecule has 0 fully saturated rings. The normalized spacial score (nSPS) is 16.9. The van der Waals surface area contributed by atoms with E-state index in [1.165, 1.54) is 12.4 Å². The number of pyridine rings is 1. The number of nitrogens with zero attached hydrogens (tertiary/aromatic N) is 3. The molecule has 132 valence electrons. The molecule has 0 spiro atoms. The third kappa shape index (κ3) is 2.83. The zero-order chi connectivity index (χ0) is 18.3. The van der Waals surface area contributed by atoms with Gasteiger partial charge in [0.15, 0.2) is 5.82 Å². The number of hydrogen-bond acceptors (Lipinski definition) is 3. The molecule has 26 heavy (non-hydrogen) atoms. The number of nitrogens with one attached hydrogen (secondary N) is 1. The maximum absolute atomic E-state index is 13.1. The van der Waals surface area contributed by atoms with Crippen LogP contribution in [0.3, 0.4) is 0 Å². The van der Waals surface area contributed by atoms with Gasteiger partial charge in [0.1, 0.15) is 6.33 Å². The van der Waals surface area contributed by atoms with Crippen molar-refractivity contribution in [3.63, 3.8) is 0 Å². The minimum absolute atomic E-state index is 0.170. The molecule has 5 nitrogen and oxygen atoms in total. The summed E-state index contributed by atoms with van der Waals surface area (Å²) in [6, 6.07) is 8.61. The van der Waals surface area contributed by atoms with Crippen molar-refractivity contribution >= 4 is 11.7 Å². The minimum atomic E-state index is -4.44. The predicted octanol–water partition coefficient (Wildman–Crippen LogP) is 3.76. The summed E-state index contributed by atoms with van der Waals surface area (Å²) in [6.45, 7) is 0. The number of carbonyl (C=O) groups excluding carboxylic acids is 1. The lowest BCUT2D eigenvalue weighted by Crippen LogP contribution is -2.25. The van der Waals surface area contributed by atoms with E-state index in [-0.39, 0.29) is 18.2 Å². The number of imidazole rings is 1. The summed E-state index contributed by atoms with van der Waals surface area (Å²) >= 11 is 0. The Morgan fingerprint density at radius 3 is 2.77 bits per heavy atom. The van der Waals surface area contributed by atoms with Crippen LogP contribution in [0.2, 0.25) is 0 Å². The number of benzene rings is 1. The summed E-state index contributed by atoms with van der Waals surface area (Å²) in [4.78, 5) is 20.3. The van der Waals surface area contributed by atoms with Crippen LogP contribution in [0, 0.1) is 0 Å². The van der Waals surface area contributed by atoms with Crippen LogP contribution in [-0.4, -0.2) is 20.4 Å². The summed E-state index contributed by atoms with van der Waals surface area (Å²) in [7, 11) is 0. The summed E-state index contributed by atoms with van der Waals surface area (Å²) in [5.74, 6) is -0.183. The number of fused-ring (bicyclic) bond motifs is 1. The lowest BCUT2D eigenvalue weighted by atomic mass is 9.90. The van der Waals surface area contributed by atoms with E-state index in [2.05, 4.69) is 15.3 Å². The highest BCUT2D eigenvalue weighted by Gasteiger charge is 2.33. The Balaban J connectivity index is 1.85. The quantitative estimate of drug-likeness (QED) is 0.759. The van der Waals surface area contributed by atoms with E-state index < -0.39 is 11.7 Å². The molecule has 0 saturated carbocycles. The van der Waals surface area contributed by atoms with Crippen LogP contribution in [0.15, 0.2) is 55.1 Å². The smallest absolute Gasteiger partial charge is 0.309 e. The Morgan fingerprint density at radius 1 is 1.19 bits per heavy atom. The Hall–Kier alpha value is -3.16. The summed E-state index contributed by atoms with van der Waals surface area (Å²) in [5.41, 5.74) is 1.03. The molecular formula is C18H13F3N4O. The van der Waals surface area contributed by atoms with Gasteiger partial charge in [0.05, 0.1) is 11.3 Å². The molecule has 1 atom stereocenters. The standard InChI is InChI=1S/C18H13F3N4O/c19-18(20,21)12-4-1-5-13(7-12)25-10-23-17-16(25)14(8-15(26)24-17)11-3-2-6-22-9-11/h1-7,9-10,14H,8H2,(H,24,26)/t14-/m1/s1. The summed E-state index contributed by atoms with van der Waals surface area (Å²) in [6.07, 6.45) is 0.431. The van der Waals surface area contributed by atoms with Crippen molar-refractivity contribution in [2.75, 3.05) is 5.32 Å². The van der Waals surface area contributed by atoms with E-state index in [4.69, 9.17) is 0 Å². The molecule has 0 radical (unpaired) electrons. The van der Waals surface area contributed by atoms with Crippen molar-refractivity contribution in [3.05, 3.63) is 71.9 Å². The van der Waals surface area contributed by atoms with Crippen molar-refractivity contribution in [2.24, 2.45) is 0 Å². The molecule has 0 saturated heterocycles. The zero-order valence-corrected chi connectivity index (χ0v) is 13.4. The van der Waals surface area contributed by atoms with Crippen LogP contribution in [0.5, 0.6) is 0 Å². The van der Waals surface area contributed by atoms with Gasteiger partial charge >= 0.3 is 6.18 Å². The van der Waals surface area contributed by atoms with Gasteiger partial charge in [-0.3, -0.25) is 9.78 Å². The monoisotopic (exact) mass is 358 g/mol. The van der Waals surface area contributed by atoms with E-state index in [0.717, 1.165) is 17.7 Å². The number of rotatable bonds is 2. The van der Waals surface area contributed by atoms with Gasteiger partial charge in [-0.25, -0.2) is 4.98 Å². The highest BCUT2D eigenvalue weighted by molar-refractivity contribution is 5.94. The van der Waals surface area contributed by atoms with Crippen molar-refractivity contribution in [2.45, 2.75) is 18.5 Å². The Kier molecular flexibility index (Phi) is 3.75. The van der Waals surface area contributed by atoms with Gasteiger partial charge in [-0.05, 0) is 29.8 Å². The number of halogens is 3.